The van der Waals surface area contributed by atoms with Gasteiger partial charge in [0.2, 0.25) is 0 Å². The van der Waals surface area contributed by atoms with Gasteiger partial charge in [0.15, 0.2) is 0 Å². The Balaban J connectivity index is 2.79. The minimum absolute atomic E-state index is 0.347. The molecule has 0 aliphatic rings. The SMILES string of the molecule is CC(C)Cc1ccc([C@H](C)C(C)(C)C)cc1. The molecule has 0 heteroatoms. The Bertz CT molecular complexity index is 311. The van der Waals surface area contributed by atoms with Gasteiger partial charge in [0, 0.05) is 0 Å². The van der Waals surface area contributed by atoms with Crippen LogP contribution in [0.5, 0.6) is 0 Å². The Hall–Kier alpha value is -0.780. The molecule has 1 aromatic rings. The lowest BCUT2D eigenvalue weighted by Crippen LogP contribution is -2.15. The van der Waals surface area contributed by atoms with Crippen LogP contribution in [0.3, 0.4) is 0 Å². The largest absolute Gasteiger partial charge is 0.0625 e. The van der Waals surface area contributed by atoms with Gasteiger partial charge in [-0.2, -0.15) is 0 Å². The van der Waals surface area contributed by atoms with Gasteiger partial charge in [-0.15, -0.1) is 0 Å². The van der Waals surface area contributed by atoms with Gasteiger partial charge in [-0.3, -0.25) is 0 Å². The van der Waals surface area contributed by atoms with Crippen LogP contribution in [-0.4, -0.2) is 0 Å². The van der Waals surface area contributed by atoms with Gasteiger partial charge in [0.05, 0.1) is 0 Å². The predicted octanol–water partition coefficient (Wildman–Crippen LogP) is 5.03. The molecular formula is C16H26. The van der Waals surface area contributed by atoms with Crippen LogP contribution in [0, 0.1) is 11.3 Å². The molecule has 0 saturated heterocycles. The van der Waals surface area contributed by atoms with Gasteiger partial charge in [0.25, 0.3) is 0 Å². The van der Waals surface area contributed by atoms with E-state index in [0.29, 0.717) is 11.3 Å². The molecule has 0 amide bonds. The summed E-state index contributed by atoms with van der Waals surface area (Å²) in [5.41, 5.74) is 3.26. The van der Waals surface area contributed by atoms with E-state index in [-0.39, 0.29) is 0 Å². The fraction of sp³-hybridized carbons (Fsp3) is 0.625. The Labute approximate surface area is 101 Å². The molecule has 0 fully saturated rings. The molecule has 1 atom stereocenters. The van der Waals surface area contributed by atoms with E-state index in [4.69, 9.17) is 0 Å². The van der Waals surface area contributed by atoms with Crippen LogP contribution in [0.15, 0.2) is 24.3 Å². The van der Waals surface area contributed by atoms with Gasteiger partial charge in [-0.25, -0.2) is 0 Å². The minimum Gasteiger partial charge on any atom is -0.0625 e. The van der Waals surface area contributed by atoms with Crippen LogP contribution in [0.4, 0.5) is 0 Å². The van der Waals surface area contributed by atoms with Crippen molar-refractivity contribution in [3.05, 3.63) is 35.4 Å². The molecule has 0 aromatic heterocycles. The van der Waals surface area contributed by atoms with Crippen molar-refractivity contribution in [1.82, 2.24) is 0 Å². The second kappa shape index (κ2) is 5.03. The lowest BCUT2D eigenvalue weighted by atomic mass is 9.77. The minimum atomic E-state index is 0.347. The average molecular weight is 218 g/mol. The zero-order valence-corrected chi connectivity index (χ0v) is 11.7. The normalized spacial score (nSPS) is 14.2. The third-order valence-electron chi connectivity index (χ3n) is 3.42. The fourth-order valence-electron chi connectivity index (χ4n) is 1.91. The summed E-state index contributed by atoms with van der Waals surface area (Å²) in [6.07, 6.45) is 1.18. The van der Waals surface area contributed by atoms with E-state index in [9.17, 15) is 0 Å². The van der Waals surface area contributed by atoms with Crippen molar-refractivity contribution in [1.29, 1.82) is 0 Å². The van der Waals surface area contributed by atoms with Gasteiger partial charge in [-0.1, -0.05) is 65.8 Å². The van der Waals surface area contributed by atoms with Gasteiger partial charge in [-0.05, 0) is 34.8 Å². The molecule has 0 aliphatic carbocycles. The summed E-state index contributed by atoms with van der Waals surface area (Å²) >= 11 is 0. The zero-order chi connectivity index (χ0) is 12.3. The highest BCUT2D eigenvalue weighted by Crippen LogP contribution is 2.34. The van der Waals surface area contributed by atoms with E-state index in [0.717, 1.165) is 5.92 Å². The number of hydrogen-bond acceptors (Lipinski definition) is 0. The van der Waals surface area contributed by atoms with Crippen molar-refractivity contribution in [2.75, 3.05) is 0 Å². The summed E-state index contributed by atoms with van der Waals surface area (Å²) in [4.78, 5) is 0. The molecule has 0 N–H and O–H groups in total. The first kappa shape index (κ1) is 13.3. The summed E-state index contributed by atoms with van der Waals surface area (Å²) < 4.78 is 0. The van der Waals surface area contributed by atoms with Crippen molar-refractivity contribution >= 4 is 0 Å². The summed E-state index contributed by atoms with van der Waals surface area (Å²) in [7, 11) is 0. The molecule has 1 rings (SSSR count). The second-order valence-electron chi connectivity index (χ2n) is 6.43. The maximum Gasteiger partial charge on any atom is -0.0142 e. The molecule has 0 spiro atoms. The molecule has 0 saturated carbocycles. The average Bonchev–Trinajstić information content (AvgIpc) is 2.15. The van der Waals surface area contributed by atoms with Gasteiger partial charge in [0.1, 0.15) is 0 Å². The second-order valence-corrected chi connectivity index (χ2v) is 6.43. The maximum absolute atomic E-state index is 2.32. The van der Waals surface area contributed by atoms with E-state index in [2.05, 4.69) is 65.8 Å². The quantitative estimate of drug-likeness (QED) is 0.667. The summed E-state index contributed by atoms with van der Waals surface area (Å²) in [6, 6.07) is 9.18. The molecule has 90 valence electrons. The smallest absolute Gasteiger partial charge is 0.0142 e. The molecule has 0 aliphatic heterocycles. The first-order chi connectivity index (χ1) is 7.30. The lowest BCUT2D eigenvalue weighted by molar-refractivity contribution is 0.339. The Morgan fingerprint density at radius 1 is 0.938 bits per heavy atom. The molecule has 0 heterocycles. The molecule has 1 aromatic carbocycles. The topological polar surface area (TPSA) is 0 Å². The van der Waals surface area contributed by atoms with E-state index >= 15 is 0 Å². The van der Waals surface area contributed by atoms with E-state index < -0.39 is 0 Å². The first-order valence-electron chi connectivity index (χ1n) is 6.39. The number of rotatable bonds is 3. The van der Waals surface area contributed by atoms with Crippen LogP contribution in [0.1, 0.15) is 58.6 Å². The van der Waals surface area contributed by atoms with Crippen LogP contribution in [-0.2, 0) is 6.42 Å². The molecule has 0 nitrogen and oxygen atoms in total. The zero-order valence-electron chi connectivity index (χ0n) is 11.7. The standard InChI is InChI=1S/C16H26/c1-12(2)11-14-7-9-15(10-8-14)13(3)16(4,5)6/h7-10,12-13H,11H2,1-6H3/t13-/m0/s1. The van der Waals surface area contributed by atoms with Crippen LogP contribution >= 0.6 is 0 Å². The van der Waals surface area contributed by atoms with E-state index in [1.807, 2.05) is 0 Å². The predicted molar refractivity (Wildman–Crippen MR) is 72.9 cm³/mol. The van der Waals surface area contributed by atoms with Crippen molar-refractivity contribution in [3.8, 4) is 0 Å². The summed E-state index contributed by atoms with van der Waals surface area (Å²) in [5.74, 6) is 1.35. The monoisotopic (exact) mass is 218 g/mol. The third kappa shape index (κ3) is 3.66. The van der Waals surface area contributed by atoms with Crippen molar-refractivity contribution in [3.63, 3.8) is 0 Å². The van der Waals surface area contributed by atoms with Gasteiger partial charge >= 0.3 is 0 Å². The molecule has 0 radical (unpaired) electrons. The highest BCUT2D eigenvalue weighted by molar-refractivity contribution is 5.26. The number of hydrogen-bond donors (Lipinski definition) is 0. The molecule has 0 bridgehead atoms. The van der Waals surface area contributed by atoms with Crippen molar-refractivity contribution < 1.29 is 0 Å². The fourth-order valence-corrected chi connectivity index (χ4v) is 1.91. The van der Waals surface area contributed by atoms with Crippen molar-refractivity contribution in [2.45, 2.75) is 53.9 Å². The lowest BCUT2D eigenvalue weighted by Gasteiger charge is -2.27. The van der Waals surface area contributed by atoms with E-state index in [1.165, 1.54) is 17.5 Å². The summed E-state index contributed by atoms with van der Waals surface area (Å²) in [5, 5.41) is 0. The van der Waals surface area contributed by atoms with Gasteiger partial charge < -0.3 is 0 Å². The Morgan fingerprint density at radius 3 is 1.81 bits per heavy atom. The van der Waals surface area contributed by atoms with Crippen molar-refractivity contribution in [2.24, 2.45) is 11.3 Å². The number of benzene rings is 1. The maximum atomic E-state index is 2.32. The third-order valence-corrected chi connectivity index (χ3v) is 3.42. The highest BCUT2D eigenvalue weighted by Gasteiger charge is 2.21. The van der Waals surface area contributed by atoms with E-state index in [1.54, 1.807) is 0 Å². The molecule has 0 unspecified atom stereocenters. The molecule has 16 heavy (non-hydrogen) atoms. The molecular weight excluding hydrogens is 192 g/mol. The highest BCUT2D eigenvalue weighted by atomic mass is 14.3. The first-order valence-corrected chi connectivity index (χ1v) is 6.39. The van der Waals surface area contributed by atoms with Crippen LogP contribution in [0.2, 0.25) is 0 Å². The van der Waals surface area contributed by atoms with Crippen LogP contribution < -0.4 is 0 Å². The Morgan fingerprint density at radius 2 is 1.44 bits per heavy atom. The van der Waals surface area contributed by atoms with Crippen LogP contribution in [0.25, 0.3) is 0 Å². The summed E-state index contributed by atoms with van der Waals surface area (Å²) in [6.45, 7) is 13.8. The Kier molecular flexibility index (Phi) is 4.18.